The highest BCUT2D eigenvalue weighted by Gasteiger charge is 2.56. The summed E-state index contributed by atoms with van der Waals surface area (Å²) in [5.74, 6) is -1.11. The molecule has 2 N–H and O–H groups in total. The second kappa shape index (κ2) is 6.06. The van der Waals surface area contributed by atoms with E-state index < -0.39 is 11.4 Å². The topological polar surface area (TPSA) is 71.5 Å². The van der Waals surface area contributed by atoms with Gasteiger partial charge >= 0.3 is 5.97 Å². The first-order valence-electron chi connectivity index (χ1n) is 8.63. The second-order valence-corrected chi connectivity index (χ2v) is 8.48. The molecular formula is C20H21BrN2O3. The van der Waals surface area contributed by atoms with E-state index >= 15 is 0 Å². The van der Waals surface area contributed by atoms with Gasteiger partial charge in [-0.3, -0.25) is 9.78 Å². The molecule has 2 aliphatic rings. The number of aromatic nitrogens is 1. The van der Waals surface area contributed by atoms with Crippen molar-refractivity contribution in [1.29, 1.82) is 0 Å². The number of anilines is 1. The molecule has 3 unspecified atom stereocenters. The summed E-state index contributed by atoms with van der Waals surface area (Å²) < 4.78 is 6.84. The van der Waals surface area contributed by atoms with Crippen molar-refractivity contribution >= 4 is 27.6 Å². The van der Waals surface area contributed by atoms with Crippen molar-refractivity contribution in [2.45, 2.75) is 31.9 Å². The lowest BCUT2D eigenvalue weighted by molar-refractivity contribution is -0.156. The van der Waals surface area contributed by atoms with Crippen molar-refractivity contribution in [3.8, 4) is 0 Å². The van der Waals surface area contributed by atoms with Gasteiger partial charge in [-0.1, -0.05) is 22.0 Å². The number of methoxy groups -OCH3 is 1. The van der Waals surface area contributed by atoms with Gasteiger partial charge in [-0.15, -0.1) is 0 Å². The number of aliphatic carboxylic acids is 1. The van der Waals surface area contributed by atoms with Crippen LogP contribution in [0.1, 0.15) is 48.7 Å². The van der Waals surface area contributed by atoms with Gasteiger partial charge < -0.3 is 15.2 Å². The lowest BCUT2D eigenvalue weighted by atomic mass is 9.61. The number of carboxylic acids is 1. The monoisotopic (exact) mass is 416 g/mol. The number of hydrogen-bond donors (Lipinski definition) is 2. The van der Waals surface area contributed by atoms with Gasteiger partial charge in [0.2, 0.25) is 0 Å². The van der Waals surface area contributed by atoms with Crippen LogP contribution >= 0.6 is 15.9 Å². The Morgan fingerprint density at radius 3 is 2.77 bits per heavy atom. The Balaban J connectivity index is 1.98. The lowest BCUT2D eigenvalue weighted by Crippen LogP contribution is -2.45. The fraction of sp³-hybridized carbons (Fsp3) is 0.400. The number of pyridine rings is 1. The van der Waals surface area contributed by atoms with E-state index in [4.69, 9.17) is 4.74 Å². The molecule has 6 heteroatoms. The average molecular weight is 417 g/mol. The van der Waals surface area contributed by atoms with Crippen LogP contribution in [0.5, 0.6) is 0 Å². The Bertz CT molecular complexity index is 883. The Kier molecular flexibility index (Phi) is 4.08. The molecule has 1 aromatic heterocycles. The predicted molar refractivity (Wildman–Crippen MR) is 102 cm³/mol. The molecule has 5 nitrogen and oxygen atoms in total. The first kappa shape index (κ1) is 17.5. The van der Waals surface area contributed by atoms with Crippen molar-refractivity contribution in [2.24, 2.45) is 11.3 Å². The first-order chi connectivity index (χ1) is 12.4. The number of nitrogens with zero attached hydrogens (tertiary/aromatic N) is 1. The van der Waals surface area contributed by atoms with Crippen molar-refractivity contribution < 1.29 is 14.6 Å². The highest BCUT2D eigenvalue weighted by molar-refractivity contribution is 9.10. The molecule has 4 rings (SSSR count). The summed E-state index contributed by atoms with van der Waals surface area (Å²) >= 11 is 3.56. The molecule has 26 heavy (non-hydrogen) atoms. The van der Waals surface area contributed by atoms with Crippen LogP contribution in [-0.2, 0) is 9.53 Å². The van der Waals surface area contributed by atoms with Gasteiger partial charge in [-0.25, -0.2) is 0 Å². The lowest BCUT2D eigenvalue weighted by Gasteiger charge is -2.46. The molecule has 0 saturated heterocycles. The minimum atomic E-state index is -0.982. The highest BCUT2D eigenvalue weighted by Crippen LogP contribution is 2.61. The number of nitrogens with one attached hydrogen (secondary N) is 1. The van der Waals surface area contributed by atoms with Crippen LogP contribution in [-0.4, -0.2) is 23.2 Å². The third-order valence-electron chi connectivity index (χ3n) is 5.87. The normalized spacial score (nSPS) is 26.5. The van der Waals surface area contributed by atoms with E-state index in [-0.39, 0.29) is 24.0 Å². The number of rotatable bonds is 3. The average Bonchev–Trinajstić information content (AvgIpc) is 2.98. The summed E-state index contributed by atoms with van der Waals surface area (Å²) in [4.78, 5) is 16.7. The van der Waals surface area contributed by atoms with Crippen LogP contribution < -0.4 is 5.32 Å². The van der Waals surface area contributed by atoms with Gasteiger partial charge in [-0.2, -0.15) is 0 Å². The number of ether oxygens (including phenoxy) is 1. The van der Waals surface area contributed by atoms with Gasteiger partial charge in [0.25, 0.3) is 0 Å². The zero-order valence-corrected chi connectivity index (χ0v) is 16.4. The van der Waals surface area contributed by atoms with E-state index in [1.54, 1.807) is 27.2 Å². The van der Waals surface area contributed by atoms with Crippen molar-refractivity contribution in [3.63, 3.8) is 0 Å². The van der Waals surface area contributed by atoms with E-state index in [0.29, 0.717) is 0 Å². The zero-order valence-electron chi connectivity index (χ0n) is 14.9. The standard InChI is InChI=1S/C20H21BrN2O3/c1-20(2,19(24)25)15-14-12-9-10(21)6-7-13(12)23-16(14)11-5-4-8-22-17(11)18(15)26-3/h4-9,14-16,18,23H,1-3H3,(H,24,25)/t14?,15?,16?,18-/m0/s1. The third kappa shape index (κ3) is 2.39. The Hall–Kier alpha value is -1.92. The van der Waals surface area contributed by atoms with Crippen LogP contribution in [0.15, 0.2) is 41.0 Å². The summed E-state index contributed by atoms with van der Waals surface area (Å²) in [6, 6.07) is 10.1. The van der Waals surface area contributed by atoms with E-state index in [2.05, 4.69) is 38.4 Å². The number of carbonyl (C=O) groups is 1. The van der Waals surface area contributed by atoms with Crippen LogP contribution in [0.3, 0.4) is 0 Å². The minimum Gasteiger partial charge on any atom is -0.481 e. The van der Waals surface area contributed by atoms with Crippen molar-refractivity contribution in [1.82, 2.24) is 4.98 Å². The fourth-order valence-electron chi connectivity index (χ4n) is 4.57. The molecule has 0 bridgehead atoms. The molecule has 2 aromatic rings. The van der Waals surface area contributed by atoms with Crippen molar-refractivity contribution in [2.75, 3.05) is 12.4 Å². The number of halogens is 1. The molecule has 1 aromatic carbocycles. The van der Waals surface area contributed by atoms with E-state index in [1.807, 2.05) is 18.2 Å². The molecule has 0 saturated carbocycles. The van der Waals surface area contributed by atoms with Crippen LogP contribution in [0.25, 0.3) is 0 Å². The van der Waals surface area contributed by atoms with Gasteiger partial charge in [0.1, 0.15) is 6.10 Å². The summed E-state index contributed by atoms with van der Waals surface area (Å²) in [6.45, 7) is 3.57. The number of fused-ring (bicyclic) bond motifs is 5. The number of benzene rings is 1. The summed E-state index contributed by atoms with van der Waals surface area (Å²) in [5, 5.41) is 13.6. The molecule has 0 radical (unpaired) electrons. The van der Waals surface area contributed by atoms with Crippen molar-refractivity contribution in [3.05, 3.63) is 57.8 Å². The Morgan fingerprint density at radius 2 is 2.08 bits per heavy atom. The third-order valence-corrected chi connectivity index (χ3v) is 6.36. The van der Waals surface area contributed by atoms with Crippen LogP contribution in [0.4, 0.5) is 5.69 Å². The molecule has 0 spiro atoms. The zero-order chi connectivity index (χ0) is 18.6. The molecule has 4 atom stereocenters. The molecule has 0 amide bonds. The van der Waals surface area contributed by atoms with Crippen LogP contribution in [0, 0.1) is 11.3 Å². The maximum absolute atomic E-state index is 12.2. The Morgan fingerprint density at radius 1 is 1.31 bits per heavy atom. The maximum atomic E-state index is 12.2. The summed E-state index contributed by atoms with van der Waals surface area (Å²) in [7, 11) is 1.64. The molecule has 2 heterocycles. The predicted octanol–water partition coefficient (Wildman–Crippen LogP) is 4.52. The minimum absolute atomic E-state index is 0.0157. The first-order valence-corrected chi connectivity index (χ1v) is 9.42. The number of hydrogen-bond acceptors (Lipinski definition) is 4. The fourth-order valence-corrected chi connectivity index (χ4v) is 4.95. The highest BCUT2D eigenvalue weighted by atomic mass is 79.9. The quantitative estimate of drug-likeness (QED) is 0.769. The smallest absolute Gasteiger partial charge is 0.309 e. The number of carboxylic acid groups (broad SMARTS) is 1. The summed E-state index contributed by atoms with van der Waals surface area (Å²) in [5.41, 5.74) is 3.09. The SMILES string of the molecule is CO[C@@H]1c2ncccc2C2Nc3ccc(Br)cc3C2C1C(C)(C)C(=O)O. The molecule has 0 fully saturated rings. The van der Waals surface area contributed by atoms with E-state index in [0.717, 1.165) is 27.0 Å². The molecule has 1 aliphatic heterocycles. The van der Waals surface area contributed by atoms with Gasteiger partial charge in [0.15, 0.2) is 0 Å². The molecule has 1 aliphatic carbocycles. The molecule has 136 valence electrons. The maximum Gasteiger partial charge on any atom is 0.309 e. The summed E-state index contributed by atoms with van der Waals surface area (Å²) in [6.07, 6.45) is 1.36. The van der Waals surface area contributed by atoms with Gasteiger partial charge in [-0.05, 0) is 49.2 Å². The van der Waals surface area contributed by atoms with Gasteiger partial charge in [0, 0.05) is 35.3 Å². The van der Waals surface area contributed by atoms with Crippen LogP contribution in [0.2, 0.25) is 0 Å². The van der Waals surface area contributed by atoms with Gasteiger partial charge in [0.05, 0.1) is 17.2 Å². The molecular weight excluding hydrogens is 396 g/mol. The Labute approximate surface area is 160 Å². The largest absolute Gasteiger partial charge is 0.481 e. The van der Waals surface area contributed by atoms with E-state index in [1.165, 1.54) is 0 Å². The second-order valence-electron chi connectivity index (χ2n) is 7.57. The van der Waals surface area contributed by atoms with E-state index in [9.17, 15) is 9.90 Å².